The van der Waals surface area contributed by atoms with Crippen LogP contribution in [0.25, 0.3) is 0 Å². The Labute approximate surface area is 77.7 Å². The van der Waals surface area contributed by atoms with E-state index in [2.05, 4.69) is 16.9 Å². The molecule has 1 saturated carbocycles. The van der Waals surface area contributed by atoms with Crippen molar-refractivity contribution in [3.05, 3.63) is 17.8 Å². The SMILES string of the molecule is Cc1nc(C2C3CN(C)CC32)co1. The van der Waals surface area contributed by atoms with E-state index in [-0.39, 0.29) is 0 Å². The van der Waals surface area contributed by atoms with Gasteiger partial charge in [-0.1, -0.05) is 0 Å². The molecule has 13 heavy (non-hydrogen) atoms. The number of piperidine rings is 1. The third-order valence-corrected chi connectivity index (χ3v) is 3.35. The van der Waals surface area contributed by atoms with Gasteiger partial charge in [0.25, 0.3) is 0 Å². The van der Waals surface area contributed by atoms with Gasteiger partial charge in [0, 0.05) is 25.9 Å². The van der Waals surface area contributed by atoms with E-state index in [0.29, 0.717) is 5.92 Å². The number of rotatable bonds is 1. The van der Waals surface area contributed by atoms with Gasteiger partial charge in [-0.3, -0.25) is 0 Å². The summed E-state index contributed by atoms with van der Waals surface area (Å²) in [6.07, 6.45) is 1.83. The van der Waals surface area contributed by atoms with Gasteiger partial charge in [0.1, 0.15) is 6.26 Å². The lowest BCUT2D eigenvalue weighted by molar-refractivity contribution is 0.361. The second-order valence-electron chi connectivity index (χ2n) is 4.37. The van der Waals surface area contributed by atoms with Gasteiger partial charge < -0.3 is 9.32 Å². The summed E-state index contributed by atoms with van der Waals surface area (Å²) in [6, 6.07) is 0. The first-order valence-corrected chi connectivity index (χ1v) is 4.86. The molecule has 70 valence electrons. The maximum absolute atomic E-state index is 5.23. The van der Waals surface area contributed by atoms with Crippen molar-refractivity contribution in [1.29, 1.82) is 0 Å². The first kappa shape index (κ1) is 7.56. The standard InChI is InChI=1S/C10H14N2O/c1-6-11-9(5-13-6)10-7-3-12(2)4-8(7)10/h5,7-8,10H,3-4H2,1-2H3. The Morgan fingerprint density at radius 1 is 1.46 bits per heavy atom. The lowest BCUT2D eigenvalue weighted by Crippen LogP contribution is -2.18. The molecule has 0 N–H and O–H groups in total. The van der Waals surface area contributed by atoms with Crippen molar-refractivity contribution in [2.45, 2.75) is 12.8 Å². The first-order chi connectivity index (χ1) is 6.25. The maximum Gasteiger partial charge on any atom is 0.191 e. The van der Waals surface area contributed by atoms with E-state index in [4.69, 9.17) is 4.42 Å². The molecule has 3 nitrogen and oxygen atoms in total. The van der Waals surface area contributed by atoms with E-state index in [1.54, 1.807) is 0 Å². The van der Waals surface area contributed by atoms with Crippen molar-refractivity contribution in [2.75, 3.05) is 20.1 Å². The normalized spacial score (nSPS) is 37.8. The molecule has 0 radical (unpaired) electrons. The zero-order valence-electron chi connectivity index (χ0n) is 8.03. The molecule has 1 aromatic heterocycles. The molecule has 2 fully saturated rings. The highest BCUT2D eigenvalue weighted by atomic mass is 16.3. The molecular formula is C10H14N2O. The number of hydrogen-bond acceptors (Lipinski definition) is 3. The molecule has 3 heteroatoms. The Balaban J connectivity index is 1.78. The third-order valence-electron chi connectivity index (χ3n) is 3.35. The molecule has 0 spiro atoms. The smallest absolute Gasteiger partial charge is 0.191 e. The van der Waals surface area contributed by atoms with Crippen molar-refractivity contribution in [1.82, 2.24) is 9.88 Å². The number of aryl methyl sites for hydroxylation is 1. The van der Waals surface area contributed by atoms with Crippen LogP contribution in [0.15, 0.2) is 10.7 Å². The Hall–Kier alpha value is -0.830. The fraction of sp³-hybridized carbons (Fsp3) is 0.700. The molecule has 2 unspecified atom stereocenters. The van der Waals surface area contributed by atoms with Crippen LogP contribution in [0.2, 0.25) is 0 Å². The first-order valence-electron chi connectivity index (χ1n) is 4.86. The Morgan fingerprint density at radius 3 is 2.69 bits per heavy atom. The van der Waals surface area contributed by atoms with Gasteiger partial charge in [-0.2, -0.15) is 0 Å². The molecular weight excluding hydrogens is 164 g/mol. The van der Waals surface area contributed by atoms with Crippen LogP contribution in [0.3, 0.4) is 0 Å². The Morgan fingerprint density at radius 2 is 2.15 bits per heavy atom. The molecule has 3 rings (SSSR count). The van der Waals surface area contributed by atoms with Gasteiger partial charge in [0.2, 0.25) is 0 Å². The molecule has 1 aliphatic carbocycles. The average Bonchev–Trinajstić information content (AvgIpc) is 2.50. The molecule has 1 aliphatic heterocycles. The molecule has 2 heterocycles. The minimum atomic E-state index is 0.702. The van der Waals surface area contributed by atoms with E-state index in [9.17, 15) is 0 Å². The Kier molecular flexibility index (Phi) is 1.37. The van der Waals surface area contributed by atoms with Gasteiger partial charge >= 0.3 is 0 Å². The van der Waals surface area contributed by atoms with Gasteiger partial charge in [-0.15, -0.1) is 0 Å². The highest BCUT2D eigenvalue weighted by Gasteiger charge is 2.56. The summed E-state index contributed by atoms with van der Waals surface area (Å²) in [5.74, 6) is 3.21. The summed E-state index contributed by atoms with van der Waals surface area (Å²) < 4.78 is 5.23. The Bertz CT molecular complexity index is 321. The van der Waals surface area contributed by atoms with Crippen LogP contribution in [-0.2, 0) is 0 Å². The number of hydrogen-bond donors (Lipinski definition) is 0. The van der Waals surface area contributed by atoms with Crippen LogP contribution in [0.5, 0.6) is 0 Å². The van der Waals surface area contributed by atoms with E-state index in [0.717, 1.165) is 17.7 Å². The van der Waals surface area contributed by atoms with E-state index in [1.165, 1.54) is 18.8 Å². The number of nitrogens with zero attached hydrogens (tertiary/aromatic N) is 2. The van der Waals surface area contributed by atoms with Crippen LogP contribution < -0.4 is 0 Å². The topological polar surface area (TPSA) is 29.3 Å². The van der Waals surface area contributed by atoms with E-state index >= 15 is 0 Å². The fourth-order valence-electron chi connectivity index (χ4n) is 2.71. The van der Waals surface area contributed by atoms with Gasteiger partial charge in [-0.25, -0.2) is 4.98 Å². The van der Waals surface area contributed by atoms with Crippen molar-refractivity contribution in [2.24, 2.45) is 11.8 Å². The summed E-state index contributed by atoms with van der Waals surface area (Å²) in [6.45, 7) is 4.39. The average molecular weight is 178 g/mol. The van der Waals surface area contributed by atoms with Gasteiger partial charge in [0.15, 0.2) is 5.89 Å². The largest absolute Gasteiger partial charge is 0.449 e. The zero-order valence-corrected chi connectivity index (χ0v) is 8.03. The minimum absolute atomic E-state index is 0.702. The van der Waals surface area contributed by atoms with Crippen LogP contribution >= 0.6 is 0 Å². The molecule has 0 amide bonds. The lowest BCUT2D eigenvalue weighted by atomic mass is 10.2. The molecule has 1 aromatic rings. The fourth-order valence-corrected chi connectivity index (χ4v) is 2.71. The molecule has 1 saturated heterocycles. The highest BCUT2D eigenvalue weighted by molar-refractivity contribution is 5.22. The van der Waals surface area contributed by atoms with E-state index in [1.807, 2.05) is 13.2 Å². The third kappa shape index (κ3) is 1.03. The second kappa shape index (κ2) is 2.35. The monoisotopic (exact) mass is 178 g/mol. The molecule has 0 bridgehead atoms. The van der Waals surface area contributed by atoms with Crippen LogP contribution in [0.4, 0.5) is 0 Å². The molecule has 2 aliphatic rings. The predicted molar refractivity (Wildman–Crippen MR) is 48.5 cm³/mol. The number of aromatic nitrogens is 1. The lowest BCUT2D eigenvalue weighted by Gasteiger charge is -2.10. The predicted octanol–water partition coefficient (Wildman–Crippen LogP) is 1.26. The van der Waals surface area contributed by atoms with Crippen LogP contribution in [0, 0.1) is 18.8 Å². The maximum atomic E-state index is 5.23. The number of likely N-dealkylation sites (tertiary alicyclic amines) is 1. The van der Waals surface area contributed by atoms with Crippen molar-refractivity contribution in [3.8, 4) is 0 Å². The number of fused-ring (bicyclic) bond motifs is 1. The summed E-state index contributed by atoms with van der Waals surface area (Å²) in [4.78, 5) is 6.80. The van der Waals surface area contributed by atoms with Crippen molar-refractivity contribution >= 4 is 0 Å². The summed E-state index contributed by atoms with van der Waals surface area (Å²) in [5, 5.41) is 0. The van der Waals surface area contributed by atoms with Crippen molar-refractivity contribution < 1.29 is 4.42 Å². The van der Waals surface area contributed by atoms with Crippen LogP contribution in [0.1, 0.15) is 17.5 Å². The summed E-state index contributed by atoms with van der Waals surface area (Å²) >= 11 is 0. The van der Waals surface area contributed by atoms with Crippen LogP contribution in [-0.4, -0.2) is 30.0 Å². The quantitative estimate of drug-likeness (QED) is 0.648. The summed E-state index contributed by atoms with van der Waals surface area (Å²) in [5.41, 5.74) is 1.18. The highest BCUT2D eigenvalue weighted by Crippen LogP contribution is 2.57. The van der Waals surface area contributed by atoms with E-state index < -0.39 is 0 Å². The molecule has 0 aromatic carbocycles. The van der Waals surface area contributed by atoms with Crippen molar-refractivity contribution in [3.63, 3.8) is 0 Å². The minimum Gasteiger partial charge on any atom is -0.449 e. The summed E-state index contributed by atoms with van der Waals surface area (Å²) in [7, 11) is 2.19. The number of oxazole rings is 1. The zero-order chi connectivity index (χ0) is 9.00. The second-order valence-corrected chi connectivity index (χ2v) is 4.37. The molecule has 2 atom stereocenters. The van der Waals surface area contributed by atoms with Gasteiger partial charge in [-0.05, 0) is 18.9 Å². The van der Waals surface area contributed by atoms with Gasteiger partial charge in [0.05, 0.1) is 5.69 Å².